The summed E-state index contributed by atoms with van der Waals surface area (Å²) in [6, 6.07) is 20.9. The van der Waals surface area contributed by atoms with E-state index in [2.05, 4.69) is 15.6 Å². The lowest BCUT2D eigenvalue weighted by Crippen LogP contribution is -2.25. The van der Waals surface area contributed by atoms with E-state index in [1.807, 2.05) is 60.1 Å². The van der Waals surface area contributed by atoms with E-state index in [-0.39, 0.29) is 24.1 Å². The maximum absolute atomic E-state index is 12.9. The fourth-order valence-corrected chi connectivity index (χ4v) is 3.48. The van der Waals surface area contributed by atoms with Crippen molar-refractivity contribution >= 4 is 28.5 Å². The minimum atomic E-state index is -0.389. The Hall–Kier alpha value is -4.00. The van der Waals surface area contributed by atoms with Crippen LogP contribution in [0.15, 0.2) is 72.8 Å². The zero-order chi connectivity index (χ0) is 22.5. The minimum Gasteiger partial charge on any atom is -0.352 e. The van der Waals surface area contributed by atoms with Crippen LogP contribution in [0.5, 0.6) is 0 Å². The number of para-hydroxylation sites is 2. The van der Waals surface area contributed by atoms with Crippen LogP contribution in [-0.4, -0.2) is 27.9 Å². The molecule has 4 rings (SSSR count). The van der Waals surface area contributed by atoms with Gasteiger partial charge < -0.3 is 15.2 Å². The molecule has 1 heterocycles. The predicted octanol–water partition coefficient (Wildman–Crippen LogP) is 4.53. The summed E-state index contributed by atoms with van der Waals surface area (Å²) < 4.78 is 15.0. The number of aryl methyl sites for hydroxylation is 1. The third kappa shape index (κ3) is 4.83. The monoisotopic (exact) mass is 430 g/mol. The molecule has 0 aliphatic rings. The van der Waals surface area contributed by atoms with Crippen LogP contribution in [-0.2, 0) is 11.8 Å². The van der Waals surface area contributed by atoms with Crippen molar-refractivity contribution in [3.63, 3.8) is 0 Å². The maximum Gasteiger partial charge on any atom is 0.251 e. The Balaban J connectivity index is 1.27. The van der Waals surface area contributed by atoms with Crippen molar-refractivity contribution in [3.05, 3.63) is 84.2 Å². The average Bonchev–Trinajstić information content (AvgIpc) is 3.14. The van der Waals surface area contributed by atoms with Gasteiger partial charge in [-0.05, 0) is 67.1 Å². The number of fused-ring (bicyclic) bond motifs is 1. The Bertz CT molecular complexity index is 1250. The normalized spacial score (nSPS) is 10.8. The van der Waals surface area contributed by atoms with Gasteiger partial charge in [0.05, 0.1) is 11.0 Å². The van der Waals surface area contributed by atoms with Gasteiger partial charge in [-0.1, -0.05) is 12.1 Å². The molecule has 0 radical (unpaired) electrons. The van der Waals surface area contributed by atoms with Gasteiger partial charge in [-0.2, -0.15) is 0 Å². The first-order valence-corrected chi connectivity index (χ1v) is 10.4. The van der Waals surface area contributed by atoms with E-state index in [9.17, 15) is 14.0 Å². The quantitative estimate of drug-likeness (QED) is 0.423. The average molecular weight is 430 g/mol. The molecule has 0 atom stereocenters. The molecule has 0 aliphatic carbocycles. The number of benzene rings is 3. The Morgan fingerprint density at radius 1 is 0.969 bits per heavy atom. The van der Waals surface area contributed by atoms with Crippen LogP contribution in [0.2, 0.25) is 0 Å². The maximum atomic E-state index is 12.9. The van der Waals surface area contributed by atoms with Crippen LogP contribution >= 0.6 is 0 Å². The van der Waals surface area contributed by atoms with E-state index in [0.29, 0.717) is 24.2 Å². The van der Waals surface area contributed by atoms with Crippen molar-refractivity contribution in [2.24, 2.45) is 7.05 Å². The van der Waals surface area contributed by atoms with Crippen LogP contribution in [0.25, 0.3) is 22.4 Å². The number of halogens is 1. The summed E-state index contributed by atoms with van der Waals surface area (Å²) in [4.78, 5) is 28.9. The highest BCUT2D eigenvalue weighted by atomic mass is 19.1. The first-order chi connectivity index (χ1) is 15.5. The topological polar surface area (TPSA) is 76.0 Å². The number of aromatic nitrogens is 2. The highest BCUT2D eigenvalue weighted by Gasteiger charge is 2.10. The summed E-state index contributed by atoms with van der Waals surface area (Å²) in [5, 5.41) is 5.60. The van der Waals surface area contributed by atoms with Gasteiger partial charge in [0.25, 0.3) is 5.91 Å². The number of imidazole rings is 1. The molecule has 6 nitrogen and oxygen atoms in total. The van der Waals surface area contributed by atoms with Gasteiger partial charge in [0, 0.05) is 36.8 Å². The molecule has 0 saturated carbocycles. The molecule has 3 aromatic carbocycles. The number of rotatable bonds is 7. The first kappa shape index (κ1) is 21.2. The van der Waals surface area contributed by atoms with Crippen molar-refractivity contribution < 1.29 is 14.0 Å². The molecule has 0 fully saturated rings. The molecule has 32 heavy (non-hydrogen) atoms. The fourth-order valence-electron chi connectivity index (χ4n) is 3.48. The summed E-state index contributed by atoms with van der Waals surface area (Å²) >= 11 is 0. The van der Waals surface area contributed by atoms with E-state index in [4.69, 9.17) is 0 Å². The largest absolute Gasteiger partial charge is 0.352 e. The molecule has 7 heteroatoms. The Morgan fingerprint density at radius 2 is 1.69 bits per heavy atom. The number of nitrogens with zero attached hydrogens (tertiary/aromatic N) is 2. The van der Waals surface area contributed by atoms with Crippen LogP contribution < -0.4 is 10.6 Å². The molecule has 2 N–H and O–H groups in total. The van der Waals surface area contributed by atoms with E-state index >= 15 is 0 Å². The third-order valence-corrected chi connectivity index (χ3v) is 5.19. The van der Waals surface area contributed by atoms with E-state index in [0.717, 1.165) is 22.4 Å². The van der Waals surface area contributed by atoms with Crippen LogP contribution in [0.1, 0.15) is 23.2 Å². The second kappa shape index (κ2) is 9.43. The van der Waals surface area contributed by atoms with Gasteiger partial charge in [-0.15, -0.1) is 0 Å². The molecule has 162 valence electrons. The van der Waals surface area contributed by atoms with Crippen molar-refractivity contribution in [2.45, 2.75) is 12.8 Å². The lowest BCUT2D eigenvalue weighted by Gasteiger charge is -2.08. The molecule has 0 spiro atoms. The Labute approximate surface area is 185 Å². The number of amides is 2. The van der Waals surface area contributed by atoms with E-state index in [1.54, 1.807) is 0 Å². The molecule has 4 aromatic rings. The summed E-state index contributed by atoms with van der Waals surface area (Å²) in [6.07, 6.45) is 0.771. The molecule has 1 aromatic heterocycles. The number of carbonyl (C=O) groups excluding carboxylic acids is 2. The third-order valence-electron chi connectivity index (χ3n) is 5.19. The van der Waals surface area contributed by atoms with Crippen LogP contribution in [0.4, 0.5) is 10.1 Å². The van der Waals surface area contributed by atoms with Crippen molar-refractivity contribution in [1.82, 2.24) is 14.9 Å². The van der Waals surface area contributed by atoms with Crippen LogP contribution in [0.3, 0.4) is 0 Å². The molecule has 0 unspecified atom stereocenters. The SMILES string of the molecule is Cn1c(-c2ccc(NC(=O)CCCNC(=O)c3ccc(F)cc3)cc2)nc2ccccc21. The lowest BCUT2D eigenvalue weighted by molar-refractivity contribution is -0.116. The van der Waals surface area contributed by atoms with E-state index in [1.165, 1.54) is 24.3 Å². The van der Waals surface area contributed by atoms with Gasteiger partial charge in [-0.3, -0.25) is 9.59 Å². The summed E-state index contributed by atoms with van der Waals surface area (Å²) in [5.41, 5.74) is 4.05. The van der Waals surface area contributed by atoms with E-state index < -0.39 is 0 Å². The fraction of sp³-hybridized carbons (Fsp3) is 0.160. The molecule has 2 amide bonds. The minimum absolute atomic E-state index is 0.128. The number of hydrogen-bond acceptors (Lipinski definition) is 3. The lowest BCUT2D eigenvalue weighted by atomic mass is 10.2. The second-order valence-electron chi connectivity index (χ2n) is 7.48. The number of nitrogens with one attached hydrogen (secondary N) is 2. The Kier molecular flexibility index (Phi) is 6.26. The first-order valence-electron chi connectivity index (χ1n) is 10.4. The van der Waals surface area contributed by atoms with Gasteiger partial charge >= 0.3 is 0 Å². The zero-order valence-electron chi connectivity index (χ0n) is 17.6. The molecule has 0 saturated heterocycles. The van der Waals surface area contributed by atoms with Crippen molar-refractivity contribution in [3.8, 4) is 11.4 Å². The number of hydrogen-bond donors (Lipinski definition) is 2. The Morgan fingerprint density at radius 3 is 2.41 bits per heavy atom. The standard InChI is InChI=1S/C25H23FN4O2/c1-30-22-6-3-2-5-21(22)29-24(30)17-10-14-20(15-11-17)28-23(31)7-4-16-27-25(32)18-8-12-19(26)13-9-18/h2-3,5-6,8-15H,4,7,16H2,1H3,(H,27,32)(H,28,31). The van der Waals surface area contributed by atoms with Gasteiger partial charge in [0.1, 0.15) is 11.6 Å². The molecule has 0 bridgehead atoms. The predicted molar refractivity (Wildman–Crippen MR) is 123 cm³/mol. The number of anilines is 1. The zero-order valence-corrected chi connectivity index (χ0v) is 17.6. The van der Waals surface area contributed by atoms with Gasteiger partial charge in [-0.25, -0.2) is 9.37 Å². The summed E-state index contributed by atoms with van der Waals surface area (Å²) in [7, 11) is 1.98. The summed E-state index contributed by atoms with van der Waals surface area (Å²) in [6.45, 7) is 0.356. The van der Waals surface area contributed by atoms with Gasteiger partial charge in [0.15, 0.2) is 0 Å². The van der Waals surface area contributed by atoms with Gasteiger partial charge in [0.2, 0.25) is 5.91 Å². The highest BCUT2D eigenvalue weighted by Crippen LogP contribution is 2.24. The highest BCUT2D eigenvalue weighted by molar-refractivity contribution is 5.94. The molecular formula is C25H23FN4O2. The summed E-state index contributed by atoms with van der Waals surface area (Å²) in [5.74, 6) is 0.0556. The van der Waals surface area contributed by atoms with Crippen molar-refractivity contribution in [1.29, 1.82) is 0 Å². The molecular weight excluding hydrogens is 407 g/mol. The smallest absolute Gasteiger partial charge is 0.251 e. The van der Waals surface area contributed by atoms with Crippen molar-refractivity contribution in [2.75, 3.05) is 11.9 Å². The number of carbonyl (C=O) groups is 2. The molecule has 0 aliphatic heterocycles. The second-order valence-corrected chi connectivity index (χ2v) is 7.48. The van der Waals surface area contributed by atoms with Crippen LogP contribution in [0, 0.1) is 5.82 Å².